The minimum Gasteiger partial charge on any atom is -0.349 e. The maximum absolute atomic E-state index is 12.6. The largest absolute Gasteiger partial charge is 0.349 e. The molecule has 1 aromatic heterocycles. The number of nitrogens with zero attached hydrogens (tertiary/aromatic N) is 2. The van der Waals surface area contributed by atoms with Crippen LogP contribution in [-0.4, -0.2) is 53.2 Å². The summed E-state index contributed by atoms with van der Waals surface area (Å²) in [4.78, 5) is 15.1. The van der Waals surface area contributed by atoms with Crippen LogP contribution in [0.25, 0.3) is 0 Å². The summed E-state index contributed by atoms with van der Waals surface area (Å²) in [7, 11) is 0. The molecule has 3 heterocycles. The molecule has 6 nitrogen and oxygen atoms in total. The SMILES string of the molecule is CC1CCN(C(CNC(=O)c2n[nH]c3c2CNCC3)C(C)C)CC1. The highest BCUT2D eigenvalue weighted by Crippen LogP contribution is 2.21. The second-order valence-electron chi connectivity index (χ2n) is 7.70. The van der Waals surface area contributed by atoms with Crippen LogP contribution in [0, 0.1) is 11.8 Å². The number of likely N-dealkylation sites (tertiary alicyclic amines) is 1. The fourth-order valence-electron chi connectivity index (χ4n) is 3.84. The van der Waals surface area contributed by atoms with Crippen molar-refractivity contribution < 1.29 is 4.79 Å². The lowest BCUT2D eigenvalue weighted by molar-refractivity contribution is 0.0858. The van der Waals surface area contributed by atoms with Crippen LogP contribution >= 0.6 is 0 Å². The molecule has 0 spiro atoms. The lowest BCUT2D eigenvalue weighted by Gasteiger charge is -2.38. The molecule has 134 valence electrons. The molecule has 0 radical (unpaired) electrons. The Kier molecular flexibility index (Phi) is 5.56. The van der Waals surface area contributed by atoms with E-state index in [1.165, 1.54) is 12.8 Å². The van der Waals surface area contributed by atoms with Gasteiger partial charge in [0, 0.05) is 43.4 Å². The third-order valence-electron chi connectivity index (χ3n) is 5.55. The highest BCUT2D eigenvalue weighted by molar-refractivity contribution is 5.94. The van der Waals surface area contributed by atoms with E-state index in [0.29, 0.717) is 24.2 Å². The molecule has 0 saturated carbocycles. The van der Waals surface area contributed by atoms with Crippen molar-refractivity contribution in [2.45, 2.75) is 52.6 Å². The topological polar surface area (TPSA) is 73.0 Å². The van der Waals surface area contributed by atoms with E-state index in [2.05, 4.69) is 46.5 Å². The molecule has 2 aliphatic heterocycles. The molecule has 0 aliphatic carbocycles. The summed E-state index contributed by atoms with van der Waals surface area (Å²) >= 11 is 0. The van der Waals surface area contributed by atoms with E-state index >= 15 is 0 Å². The minimum absolute atomic E-state index is 0.0489. The molecule has 24 heavy (non-hydrogen) atoms. The fraction of sp³-hybridized carbons (Fsp3) is 0.778. The number of aromatic nitrogens is 2. The molecule has 3 rings (SSSR count). The van der Waals surface area contributed by atoms with Crippen LogP contribution in [0.15, 0.2) is 0 Å². The van der Waals surface area contributed by atoms with Crippen LogP contribution < -0.4 is 10.6 Å². The second-order valence-corrected chi connectivity index (χ2v) is 7.70. The highest BCUT2D eigenvalue weighted by Gasteiger charge is 2.27. The van der Waals surface area contributed by atoms with E-state index in [1.807, 2.05) is 0 Å². The Morgan fingerprint density at radius 2 is 2.12 bits per heavy atom. The third-order valence-corrected chi connectivity index (χ3v) is 5.55. The van der Waals surface area contributed by atoms with Crippen molar-refractivity contribution in [3.05, 3.63) is 17.0 Å². The van der Waals surface area contributed by atoms with Gasteiger partial charge in [0.2, 0.25) is 0 Å². The summed E-state index contributed by atoms with van der Waals surface area (Å²) in [5.74, 6) is 1.30. The minimum atomic E-state index is -0.0489. The van der Waals surface area contributed by atoms with Crippen LogP contribution in [0.1, 0.15) is 55.4 Å². The van der Waals surface area contributed by atoms with Crippen LogP contribution in [0.2, 0.25) is 0 Å². The zero-order valence-corrected chi connectivity index (χ0v) is 15.2. The van der Waals surface area contributed by atoms with Gasteiger partial charge in [-0.15, -0.1) is 0 Å². The van der Waals surface area contributed by atoms with E-state index in [1.54, 1.807) is 0 Å². The maximum Gasteiger partial charge on any atom is 0.272 e. The van der Waals surface area contributed by atoms with E-state index in [-0.39, 0.29) is 5.91 Å². The molecule has 2 aliphatic rings. The molecule has 6 heteroatoms. The summed E-state index contributed by atoms with van der Waals surface area (Å²) in [5, 5.41) is 13.7. The van der Waals surface area contributed by atoms with Gasteiger partial charge in [-0.3, -0.25) is 14.8 Å². The molecule has 1 atom stereocenters. The predicted octanol–water partition coefficient (Wildman–Crippen LogP) is 1.54. The Bertz CT molecular complexity index is 560. The maximum atomic E-state index is 12.6. The summed E-state index contributed by atoms with van der Waals surface area (Å²) < 4.78 is 0. The number of piperidine rings is 1. The van der Waals surface area contributed by atoms with Crippen molar-refractivity contribution in [3.63, 3.8) is 0 Å². The van der Waals surface area contributed by atoms with Crippen LogP contribution in [-0.2, 0) is 13.0 Å². The molecule has 1 amide bonds. The average Bonchev–Trinajstić information content (AvgIpc) is 3.00. The third kappa shape index (κ3) is 3.81. The number of carbonyl (C=O) groups is 1. The van der Waals surface area contributed by atoms with Crippen LogP contribution in [0.5, 0.6) is 0 Å². The van der Waals surface area contributed by atoms with Crippen molar-refractivity contribution in [1.29, 1.82) is 0 Å². The van der Waals surface area contributed by atoms with Crippen molar-refractivity contribution in [3.8, 4) is 0 Å². The Hall–Kier alpha value is -1.40. The molecule has 1 saturated heterocycles. The summed E-state index contributed by atoms with van der Waals surface area (Å²) in [6.45, 7) is 11.5. The molecule has 1 unspecified atom stereocenters. The van der Waals surface area contributed by atoms with Gasteiger partial charge in [-0.1, -0.05) is 20.8 Å². The van der Waals surface area contributed by atoms with Crippen molar-refractivity contribution >= 4 is 5.91 Å². The number of hydrogen-bond donors (Lipinski definition) is 3. The first-order chi connectivity index (χ1) is 11.6. The molecule has 0 bridgehead atoms. The number of hydrogen-bond acceptors (Lipinski definition) is 4. The number of carbonyl (C=O) groups excluding carboxylic acids is 1. The van der Waals surface area contributed by atoms with Gasteiger partial charge in [0.15, 0.2) is 5.69 Å². The first kappa shape index (κ1) is 17.4. The number of amides is 1. The molecular formula is C18H31N5O. The van der Waals surface area contributed by atoms with E-state index in [0.717, 1.165) is 49.8 Å². The van der Waals surface area contributed by atoms with E-state index in [9.17, 15) is 4.79 Å². The van der Waals surface area contributed by atoms with Gasteiger partial charge in [0.25, 0.3) is 5.91 Å². The van der Waals surface area contributed by atoms with Crippen LogP contribution in [0.3, 0.4) is 0 Å². The standard InChI is InChI=1S/C18H31N5O/c1-12(2)16(23-8-5-13(3)6-9-23)11-20-18(24)17-14-10-19-7-4-15(14)21-22-17/h12-13,16,19H,4-11H2,1-3H3,(H,20,24)(H,21,22). The first-order valence-electron chi connectivity index (χ1n) is 9.35. The number of fused-ring (bicyclic) bond motifs is 1. The Labute approximate surface area is 144 Å². The normalized spacial score (nSPS) is 20.8. The Morgan fingerprint density at radius 1 is 1.38 bits per heavy atom. The number of nitrogens with one attached hydrogen (secondary N) is 3. The van der Waals surface area contributed by atoms with Crippen molar-refractivity contribution in [2.24, 2.45) is 11.8 Å². The van der Waals surface area contributed by atoms with Gasteiger partial charge >= 0.3 is 0 Å². The Morgan fingerprint density at radius 3 is 2.83 bits per heavy atom. The number of aromatic amines is 1. The van der Waals surface area contributed by atoms with Crippen molar-refractivity contribution in [2.75, 3.05) is 26.2 Å². The summed E-state index contributed by atoms with van der Waals surface area (Å²) in [6.07, 6.45) is 3.43. The second kappa shape index (κ2) is 7.66. The molecular weight excluding hydrogens is 302 g/mol. The molecule has 3 N–H and O–H groups in total. The predicted molar refractivity (Wildman–Crippen MR) is 94.9 cm³/mol. The zero-order chi connectivity index (χ0) is 17.1. The lowest BCUT2D eigenvalue weighted by atomic mass is 9.94. The lowest BCUT2D eigenvalue weighted by Crippen LogP contribution is -2.49. The fourth-order valence-corrected chi connectivity index (χ4v) is 3.84. The average molecular weight is 333 g/mol. The molecule has 1 fully saturated rings. The highest BCUT2D eigenvalue weighted by atomic mass is 16.1. The summed E-state index contributed by atoms with van der Waals surface area (Å²) in [5.41, 5.74) is 2.70. The first-order valence-corrected chi connectivity index (χ1v) is 9.35. The molecule has 0 aromatic carbocycles. The van der Waals surface area contributed by atoms with Gasteiger partial charge in [0.1, 0.15) is 0 Å². The van der Waals surface area contributed by atoms with E-state index < -0.39 is 0 Å². The smallest absolute Gasteiger partial charge is 0.272 e. The van der Waals surface area contributed by atoms with Gasteiger partial charge < -0.3 is 10.6 Å². The van der Waals surface area contributed by atoms with Gasteiger partial charge in [-0.25, -0.2) is 0 Å². The van der Waals surface area contributed by atoms with Gasteiger partial charge in [-0.05, 0) is 37.8 Å². The van der Waals surface area contributed by atoms with Gasteiger partial charge in [0.05, 0.1) is 0 Å². The quantitative estimate of drug-likeness (QED) is 0.764. The van der Waals surface area contributed by atoms with Crippen molar-refractivity contribution in [1.82, 2.24) is 25.7 Å². The monoisotopic (exact) mass is 333 g/mol. The summed E-state index contributed by atoms with van der Waals surface area (Å²) in [6, 6.07) is 0.398. The van der Waals surface area contributed by atoms with Gasteiger partial charge in [-0.2, -0.15) is 5.10 Å². The van der Waals surface area contributed by atoms with Crippen LogP contribution in [0.4, 0.5) is 0 Å². The number of rotatable bonds is 5. The van der Waals surface area contributed by atoms with E-state index in [4.69, 9.17) is 0 Å². The zero-order valence-electron chi connectivity index (χ0n) is 15.2. The Balaban J connectivity index is 1.60. The number of H-pyrrole nitrogens is 1. The molecule has 1 aromatic rings.